The zero-order valence-electron chi connectivity index (χ0n) is 9.04. The molecular formula is C12H8ClFN2O2. The van der Waals surface area contributed by atoms with E-state index in [9.17, 15) is 14.0 Å². The van der Waals surface area contributed by atoms with Gasteiger partial charge in [0.1, 0.15) is 11.4 Å². The van der Waals surface area contributed by atoms with Crippen LogP contribution in [0, 0.1) is 5.82 Å². The quantitative estimate of drug-likeness (QED) is 0.877. The van der Waals surface area contributed by atoms with Gasteiger partial charge in [-0.25, -0.2) is 4.39 Å². The molecular weight excluding hydrogens is 259 g/mol. The maximum Gasteiger partial charge on any atom is 0.261 e. The number of hydrogen-bond donors (Lipinski definition) is 2. The molecule has 0 bridgehead atoms. The standard InChI is InChI=1S/C12H8ClFN2O2/c13-9-2-1-7(5-10(9)14)16-12(18)8-6-15-4-3-11(8)17/h1-6H,(H,15,17)(H,16,18). The van der Waals surface area contributed by atoms with Crippen molar-refractivity contribution in [3.05, 3.63) is 63.3 Å². The van der Waals surface area contributed by atoms with Gasteiger partial charge in [-0.15, -0.1) is 0 Å². The molecule has 0 aliphatic carbocycles. The Labute approximate surface area is 106 Å². The summed E-state index contributed by atoms with van der Waals surface area (Å²) in [6.45, 7) is 0. The van der Waals surface area contributed by atoms with Gasteiger partial charge in [0.15, 0.2) is 5.43 Å². The highest BCUT2D eigenvalue weighted by Crippen LogP contribution is 2.18. The van der Waals surface area contributed by atoms with Crippen LogP contribution in [0.25, 0.3) is 0 Å². The van der Waals surface area contributed by atoms with Crippen LogP contribution in [0.5, 0.6) is 0 Å². The summed E-state index contributed by atoms with van der Waals surface area (Å²) >= 11 is 5.52. The molecule has 0 fully saturated rings. The molecule has 0 saturated heterocycles. The van der Waals surface area contributed by atoms with E-state index in [-0.39, 0.29) is 16.3 Å². The number of pyridine rings is 1. The number of hydrogen-bond acceptors (Lipinski definition) is 2. The van der Waals surface area contributed by atoms with E-state index >= 15 is 0 Å². The van der Waals surface area contributed by atoms with Crippen LogP contribution in [0.4, 0.5) is 10.1 Å². The van der Waals surface area contributed by atoms with Gasteiger partial charge in [-0.1, -0.05) is 11.6 Å². The Morgan fingerprint density at radius 2 is 2.11 bits per heavy atom. The lowest BCUT2D eigenvalue weighted by Gasteiger charge is -2.05. The zero-order chi connectivity index (χ0) is 13.1. The second kappa shape index (κ2) is 5.01. The molecule has 0 unspecified atom stereocenters. The van der Waals surface area contributed by atoms with E-state index in [0.29, 0.717) is 0 Å². The molecule has 0 radical (unpaired) electrons. The van der Waals surface area contributed by atoms with Crippen LogP contribution in [-0.2, 0) is 0 Å². The number of amides is 1. The number of anilines is 1. The van der Waals surface area contributed by atoms with Gasteiger partial charge in [-0.3, -0.25) is 9.59 Å². The number of nitrogens with one attached hydrogen (secondary N) is 2. The highest BCUT2D eigenvalue weighted by atomic mass is 35.5. The Morgan fingerprint density at radius 1 is 1.33 bits per heavy atom. The van der Waals surface area contributed by atoms with E-state index < -0.39 is 17.2 Å². The molecule has 2 aromatic rings. The summed E-state index contributed by atoms with van der Waals surface area (Å²) in [5.41, 5.74) is -0.237. The van der Waals surface area contributed by atoms with Gasteiger partial charge in [-0.2, -0.15) is 0 Å². The van der Waals surface area contributed by atoms with Crippen molar-refractivity contribution in [3.8, 4) is 0 Å². The lowest BCUT2D eigenvalue weighted by Crippen LogP contribution is -2.20. The van der Waals surface area contributed by atoms with Crippen molar-refractivity contribution in [3.63, 3.8) is 0 Å². The molecule has 0 saturated carbocycles. The summed E-state index contributed by atoms with van der Waals surface area (Å²) in [5.74, 6) is -1.25. The smallest absolute Gasteiger partial charge is 0.261 e. The minimum atomic E-state index is -0.642. The Hall–Kier alpha value is -2.14. The maximum atomic E-state index is 13.2. The van der Waals surface area contributed by atoms with Crippen molar-refractivity contribution in [1.82, 2.24) is 4.98 Å². The Morgan fingerprint density at radius 3 is 2.78 bits per heavy atom. The van der Waals surface area contributed by atoms with Gasteiger partial charge < -0.3 is 10.3 Å². The number of carbonyl (C=O) groups is 1. The Kier molecular flexibility index (Phi) is 3.43. The first-order valence-electron chi connectivity index (χ1n) is 5.01. The second-order valence-corrected chi connectivity index (χ2v) is 3.91. The molecule has 4 nitrogen and oxygen atoms in total. The van der Waals surface area contributed by atoms with E-state index in [1.54, 1.807) is 0 Å². The fourth-order valence-corrected chi connectivity index (χ4v) is 1.48. The van der Waals surface area contributed by atoms with Crippen LogP contribution < -0.4 is 10.7 Å². The number of aromatic amines is 1. The summed E-state index contributed by atoms with van der Waals surface area (Å²) in [4.78, 5) is 25.8. The monoisotopic (exact) mass is 266 g/mol. The summed E-state index contributed by atoms with van der Waals surface area (Å²) in [5, 5.41) is 2.37. The lowest BCUT2D eigenvalue weighted by atomic mass is 10.2. The van der Waals surface area contributed by atoms with Crippen LogP contribution in [0.3, 0.4) is 0 Å². The van der Waals surface area contributed by atoms with Crippen molar-refractivity contribution in [2.24, 2.45) is 0 Å². The number of H-pyrrole nitrogens is 1. The second-order valence-electron chi connectivity index (χ2n) is 3.51. The number of rotatable bonds is 2. The number of benzene rings is 1. The minimum absolute atomic E-state index is 0.0365. The third-order valence-electron chi connectivity index (χ3n) is 2.25. The van der Waals surface area contributed by atoms with E-state index in [2.05, 4.69) is 10.3 Å². The lowest BCUT2D eigenvalue weighted by molar-refractivity contribution is 0.102. The molecule has 2 N–H and O–H groups in total. The third kappa shape index (κ3) is 2.57. The van der Waals surface area contributed by atoms with Gasteiger partial charge in [0.25, 0.3) is 5.91 Å². The fourth-order valence-electron chi connectivity index (χ4n) is 1.37. The number of halogens is 2. The molecule has 0 spiro atoms. The van der Waals surface area contributed by atoms with E-state index in [1.165, 1.54) is 30.6 Å². The first-order valence-corrected chi connectivity index (χ1v) is 5.39. The van der Waals surface area contributed by atoms with Crippen molar-refractivity contribution in [2.75, 3.05) is 5.32 Å². The number of aromatic nitrogens is 1. The van der Waals surface area contributed by atoms with Gasteiger partial charge in [0.2, 0.25) is 0 Å². The molecule has 1 aromatic heterocycles. The average Bonchev–Trinajstić information content (AvgIpc) is 2.34. The predicted octanol–water partition coefficient (Wildman–Crippen LogP) is 2.42. The maximum absolute atomic E-state index is 13.2. The van der Waals surface area contributed by atoms with Gasteiger partial charge >= 0.3 is 0 Å². The highest BCUT2D eigenvalue weighted by molar-refractivity contribution is 6.30. The van der Waals surface area contributed by atoms with Gasteiger partial charge in [0, 0.05) is 24.1 Å². The normalized spacial score (nSPS) is 10.1. The van der Waals surface area contributed by atoms with Crippen LogP contribution in [-0.4, -0.2) is 10.9 Å². The average molecular weight is 267 g/mol. The molecule has 6 heteroatoms. The van der Waals surface area contributed by atoms with Crippen molar-refractivity contribution in [1.29, 1.82) is 0 Å². The molecule has 92 valence electrons. The van der Waals surface area contributed by atoms with Gasteiger partial charge in [0.05, 0.1) is 5.02 Å². The predicted molar refractivity (Wildman–Crippen MR) is 66.4 cm³/mol. The first kappa shape index (κ1) is 12.3. The van der Waals surface area contributed by atoms with Crippen molar-refractivity contribution < 1.29 is 9.18 Å². The van der Waals surface area contributed by atoms with E-state index in [4.69, 9.17) is 11.6 Å². The number of carbonyl (C=O) groups excluding carboxylic acids is 1. The Balaban J connectivity index is 2.24. The first-order chi connectivity index (χ1) is 8.58. The van der Waals surface area contributed by atoms with Crippen molar-refractivity contribution in [2.45, 2.75) is 0 Å². The van der Waals surface area contributed by atoms with Crippen molar-refractivity contribution >= 4 is 23.2 Å². The van der Waals surface area contributed by atoms with E-state index in [1.807, 2.05) is 0 Å². The molecule has 1 amide bonds. The summed E-state index contributed by atoms with van der Waals surface area (Å²) < 4.78 is 13.2. The van der Waals surface area contributed by atoms with Gasteiger partial charge in [-0.05, 0) is 18.2 Å². The summed E-state index contributed by atoms with van der Waals surface area (Å²) in [6.07, 6.45) is 2.70. The molecule has 0 aliphatic rings. The topological polar surface area (TPSA) is 62.0 Å². The largest absolute Gasteiger partial charge is 0.367 e. The Bertz CT molecular complexity index is 655. The van der Waals surface area contributed by atoms with Crippen LogP contribution in [0.15, 0.2) is 41.5 Å². The summed E-state index contributed by atoms with van der Waals surface area (Å²) in [6, 6.07) is 5.08. The molecule has 0 aliphatic heterocycles. The van der Waals surface area contributed by atoms with Crippen LogP contribution >= 0.6 is 11.6 Å². The molecule has 0 atom stereocenters. The van der Waals surface area contributed by atoms with Crippen LogP contribution in [0.2, 0.25) is 5.02 Å². The van der Waals surface area contributed by atoms with Crippen LogP contribution in [0.1, 0.15) is 10.4 Å². The van der Waals surface area contributed by atoms with E-state index in [0.717, 1.165) is 6.07 Å². The minimum Gasteiger partial charge on any atom is -0.367 e. The highest BCUT2D eigenvalue weighted by Gasteiger charge is 2.10. The fraction of sp³-hybridized carbons (Fsp3) is 0. The molecule has 1 heterocycles. The zero-order valence-corrected chi connectivity index (χ0v) is 9.79. The molecule has 2 rings (SSSR count). The summed E-state index contributed by atoms with van der Waals surface area (Å²) in [7, 11) is 0. The molecule has 18 heavy (non-hydrogen) atoms. The SMILES string of the molecule is O=C(Nc1ccc(Cl)c(F)c1)c1c[nH]ccc1=O. The molecule has 1 aromatic carbocycles. The third-order valence-corrected chi connectivity index (χ3v) is 2.55.